The maximum atomic E-state index is 12.4. The minimum Gasteiger partial charge on any atom is -0.469 e. The molecule has 1 aromatic carbocycles. The van der Waals surface area contributed by atoms with Crippen molar-refractivity contribution in [2.24, 2.45) is 5.92 Å². The van der Waals surface area contributed by atoms with E-state index < -0.39 is 0 Å². The van der Waals surface area contributed by atoms with Crippen LogP contribution in [0.1, 0.15) is 23.2 Å². The molecule has 0 aliphatic carbocycles. The van der Waals surface area contributed by atoms with E-state index in [-0.39, 0.29) is 17.8 Å². The van der Waals surface area contributed by atoms with Crippen LogP contribution in [0.15, 0.2) is 24.3 Å². The van der Waals surface area contributed by atoms with Crippen LogP contribution in [-0.4, -0.2) is 37.0 Å². The summed E-state index contributed by atoms with van der Waals surface area (Å²) in [5.41, 5.74) is 6.77. The standard InChI is InChI=1S/C14H18N2O3/c1-19-14(18)10-5-4-8-16(9-10)13(17)11-6-2-3-7-12(11)15/h2-3,6-7,10H,4-5,8-9,15H2,1H3. The van der Waals surface area contributed by atoms with Gasteiger partial charge in [-0.25, -0.2) is 0 Å². The summed E-state index contributed by atoms with van der Waals surface area (Å²) >= 11 is 0. The molecule has 1 amide bonds. The Hall–Kier alpha value is -2.04. The molecule has 0 radical (unpaired) electrons. The topological polar surface area (TPSA) is 72.6 Å². The van der Waals surface area contributed by atoms with Crippen LogP contribution in [0.25, 0.3) is 0 Å². The Bertz CT molecular complexity index is 487. The summed E-state index contributed by atoms with van der Waals surface area (Å²) in [4.78, 5) is 25.6. The molecule has 1 heterocycles. The van der Waals surface area contributed by atoms with Gasteiger partial charge in [-0.1, -0.05) is 12.1 Å². The minimum atomic E-state index is -0.251. The Kier molecular flexibility index (Phi) is 4.04. The van der Waals surface area contributed by atoms with Gasteiger partial charge in [0, 0.05) is 18.8 Å². The van der Waals surface area contributed by atoms with Crippen LogP contribution in [0.4, 0.5) is 5.69 Å². The molecule has 1 aliphatic heterocycles. The number of esters is 1. The number of ether oxygens (including phenoxy) is 1. The van der Waals surface area contributed by atoms with E-state index in [1.807, 2.05) is 0 Å². The number of hydrogen-bond donors (Lipinski definition) is 1. The summed E-state index contributed by atoms with van der Waals surface area (Å²) in [7, 11) is 1.37. The zero-order valence-corrected chi connectivity index (χ0v) is 11.0. The van der Waals surface area contributed by atoms with Crippen molar-refractivity contribution in [3.05, 3.63) is 29.8 Å². The summed E-state index contributed by atoms with van der Waals surface area (Å²) in [6, 6.07) is 6.99. The van der Waals surface area contributed by atoms with E-state index >= 15 is 0 Å². The molecule has 1 unspecified atom stereocenters. The number of piperidine rings is 1. The number of para-hydroxylation sites is 1. The number of likely N-dealkylation sites (tertiary alicyclic amines) is 1. The fourth-order valence-electron chi connectivity index (χ4n) is 2.38. The normalized spacial score (nSPS) is 19.0. The predicted octanol–water partition coefficient (Wildman–Crippen LogP) is 1.29. The van der Waals surface area contributed by atoms with E-state index in [0.717, 1.165) is 12.8 Å². The first-order chi connectivity index (χ1) is 9.13. The summed E-state index contributed by atoms with van der Waals surface area (Å²) in [6.45, 7) is 1.06. The summed E-state index contributed by atoms with van der Waals surface area (Å²) in [5.74, 6) is -0.599. The van der Waals surface area contributed by atoms with Crippen LogP contribution < -0.4 is 5.73 Å². The highest BCUT2D eigenvalue weighted by Crippen LogP contribution is 2.21. The number of carbonyl (C=O) groups excluding carboxylic acids is 2. The van der Waals surface area contributed by atoms with Gasteiger partial charge >= 0.3 is 5.97 Å². The van der Waals surface area contributed by atoms with Crippen molar-refractivity contribution >= 4 is 17.6 Å². The van der Waals surface area contributed by atoms with E-state index in [1.54, 1.807) is 29.2 Å². The smallest absolute Gasteiger partial charge is 0.310 e. The Morgan fingerprint density at radius 2 is 2.11 bits per heavy atom. The Morgan fingerprint density at radius 3 is 2.79 bits per heavy atom. The molecule has 1 aromatic rings. The third kappa shape index (κ3) is 2.86. The molecule has 0 saturated carbocycles. The maximum Gasteiger partial charge on any atom is 0.310 e. The van der Waals surface area contributed by atoms with Crippen LogP contribution in [-0.2, 0) is 9.53 Å². The fraction of sp³-hybridized carbons (Fsp3) is 0.429. The monoisotopic (exact) mass is 262 g/mol. The van der Waals surface area contributed by atoms with Gasteiger partial charge in [-0.05, 0) is 25.0 Å². The van der Waals surface area contributed by atoms with Gasteiger partial charge in [0.1, 0.15) is 0 Å². The van der Waals surface area contributed by atoms with Gasteiger partial charge in [0.25, 0.3) is 5.91 Å². The number of nitrogens with two attached hydrogens (primary N) is 1. The van der Waals surface area contributed by atoms with Crippen molar-refractivity contribution in [1.29, 1.82) is 0 Å². The number of nitrogen functional groups attached to an aromatic ring is 1. The number of nitrogens with zero attached hydrogens (tertiary/aromatic N) is 1. The average molecular weight is 262 g/mol. The molecule has 19 heavy (non-hydrogen) atoms. The minimum absolute atomic E-state index is 0.119. The SMILES string of the molecule is COC(=O)C1CCCN(C(=O)c2ccccc2N)C1. The van der Waals surface area contributed by atoms with Crippen molar-refractivity contribution in [3.63, 3.8) is 0 Å². The number of amides is 1. The Labute approximate surface area is 112 Å². The molecular weight excluding hydrogens is 244 g/mol. The lowest BCUT2D eigenvalue weighted by molar-refractivity contribution is -0.146. The zero-order chi connectivity index (χ0) is 13.8. The quantitative estimate of drug-likeness (QED) is 0.644. The predicted molar refractivity (Wildman–Crippen MR) is 71.5 cm³/mol. The third-order valence-corrected chi connectivity index (χ3v) is 3.43. The van der Waals surface area contributed by atoms with Gasteiger partial charge in [0.2, 0.25) is 0 Å². The molecule has 5 heteroatoms. The van der Waals surface area contributed by atoms with E-state index in [0.29, 0.717) is 24.3 Å². The highest BCUT2D eigenvalue weighted by atomic mass is 16.5. The number of anilines is 1. The Balaban J connectivity index is 2.11. The van der Waals surface area contributed by atoms with Crippen LogP contribution in [0, 0.1) is 5.92 Å². The number of carbonyl (C=O) groups is 2. The van der Waals surface area contributed by atoms with E-state index in [1.165, 1.54) is 7.11 Å². The molecule has 102 valence electrons. The molecule has 1 saturated heterocycles. The number of benzene rings is 1. The largest absolute Gasteiger partial charge is 0.469 e. The van der Waals surface area contributed by atoms with Crippen LogP contribution in [0.3, 0.4) is 0 Å². The van der Waals surface area contributed by atoms with Gasteiger partial charge in [-0.15, -0.1) is 0 Å². The number of rotatable bonds is 2. The van der Waals surface area contributed by atoms with Crippen molar-refractivity contribution in [2.75, 3.05) is 25.9 Å². The molecule has 1 fully saturated rings. The van der Waals surface area contributed by atoms with Crippen molar-refractivity contribution in [3.8, 4) is 0 Å². The molecule has 0 bridgehead atoms. The lowest BCUT2D eigenvalue weighted by Gasteiger charge is -2.31. The van der Waals surface area contributed by atoms with Gasteiger partial charge in [0.05, 0.1) is 18.6 Å². The summed E-state index contributed by atoms with van der Waals surface area (Å²) in [6.07, 6.45) is 1.57. The molecule has 1 aliphatic rings. The lowest BCUT2D eigenvalue weighted by Crippen LogP contribution is -2.42. The second kappa shape index (κ2) is 5.73. The highest BCUT2D eigenvalue weighted by Gasteiger charge is 2.29. The first-order valence-electron chi connectivity index (χ1n) is 6.35. The fourth-order valence-corrected chi connectivity index (χ4v) is 2.38. The van der Waals surface area contributed by atoms with Crippen molar-refractivity contribution < 1.29 is 14.3 Å². The third-order valence-electron chi connectivity index (χ3n) is 3.43. The maximum absolute atomic E-state index is 12.4. The average Bonchev–Trinajstić information content (AvgIpc) is 2.46. The zero-order valence-electron chi connectivity index (χ0n) is 11.0. The van der Waals surface area contributed by atoms with E-state index in [4.69, 9.17) is 10.5 Å². The first kappa shape index (κ1) is 13.4. The molecular formula is C14H18N2O3. The first-order valence-corrected chi connectivity index (χ1v) is 6.35. The van der Waals surface area contributed by atoms with Gasteiger partial charge in [0.15, 0.2) is 0 Å². The molecule has 1 atom stereocenters. The lowest BCUT2D eigenvalue weighted by atomic mass is 9.97. The highest BCUT2D eigenvalue weighted by molar-refractivity contribution is 5.99. The molecule has 5 nitrogen and oxygen atoms in total. The molecule has 0 spiro atoms. The van der Waals surface area contributed by atoms with Gasteiger partial charge < -0.3 is 15.4 Å². The molecule has 0 aromatic heterocycles. The van der Waals surface area contributed by atoms with Gasteiger partial charge in [-0.2, -0.15) is 0 Å². The van der Waals surface area contributed by atoms with Crippen molar-refractivity contribution in [1.82, 2.24) is 4.90 Å². The van der Waals surface area contributed by atoms with E-state index in [9.17, 15) is 9.59 Å². The van der Waals surface area contributed by atoms with Crippen LogP contribution in [0.5, 0.6) is 0 Å². The van der Waals surface area contributed by atoms with Gasteiger partial charge in [-0.3, -0.25) is 9.59 Å². The van der Waals surface area contributed by atoms with Crippen molar-refractivity contribution in [2.45, 2.75) is 12.8 Å². The summed E-state index contributed by atoms with van der Waals surface area (Å²) < 4.78 is 4.75. The molecule has 2 N–H and O–H groups in total. The second-order valence-electron chi connectivity index (χ2n) is 4.70. The molecule has 2 rings (SSSR count). The van der Waals surface area contributed by atoms with Crippen LogP contribution in [0.2, 0.25) is 0 Å². The second-order valence-corrected chi connectivity index (χ2v) is 4.70. The van der Waals surface area contributed by atoms with E-state index in [2.05, 4.69) is 0 Å². The summed E-state index contributed by atoms with van der Waals surface area (Å²) in [5, 5.41) is 0. The number of hydrogen-bond acceptors (Lipinski definition) is 4. The number of methoxy groups -OCH3 is 1. The van der Waals surface area contributed by atoms with Crippen LogP contribution >= 0.6 is 0 Å². The Morgan fingerprint density at radius 1 is 1.37 bits per heavy atom.